The number of hydrogen-bond donors (Lipinski definition) is 2. The van der Waals surface area contributed by atoms with E-state index >= 15 is 0 Å². The molecule has 0 aliphatic rings. The number of anilines is 2. The molecule has 180 valence electrons. The van der Waals surface area contributed by atoms with Crippen molar-refractivity contribution in [1.29, 1.82) is 0 Å². The molecule has 1 unspecified atom stereocenters. The van der Waals surface area contributed by atoms with Gasteiger partial charge in [-0.05, 0) is 31.0 Å². The summed E-state index contributed by atoms with van der Waals surface area (Å²) in [5.41, 5.74) is -3.93. The van der Waals surface area contributed by atoms with Gasteiger partial charge >= 0.3 is 6.18 Å². The summed E-state index contributed by atoms with van der Waals surface area (Å²) in [5, 5.41) is 3.28. The maximum Gasteiger partial charge on any atom is 0.422 e. The highest BCUT2D eigenvalue weighted by atomic mass is 32.2. The van der Waals surface area contributed by atoms with E-state index in [-0.39, 0.29) is 12.3 Å². The summed E-state index contributed by atoms with van der Waals surface area (Å²) >= 11 is 0.922. The third kappa shape index (κ3) is 6.40. The Morgan fingerprint density at radius 2 is 1.58 bits per heavy atom. The second kappa shape index (κ2) is 10.9. The number of thioether (sulfide) groups is 1. The van der Waals surface area contributed by atoms with E-state index in [0.29, 0.717) is 23.4 Å². The van der Waals surface area contributed by atoms with Crippen LogP contribution in [0.25, 0.3) is 0 Å². The highest BCUT2D eigenvalue weighted by Gasteiger charge is 2.42. The summed E-state index contributed by atoms with van der Waals surface area (Å²) in [6, 6.07) is 6.34. The third-order valence-electron chi connectivity index (χ3n) is 4.33. The van der Waals surface area contributed by atoms with Gasteiger partial charge in [-0.25, -0.2) is 17.6 Å². The van der Waals surface area contributed by atoms with Crippen molar-refractivity contribution < 1.29 is 40.3 Å². The van der Waals surface area contributed by atoms with Gasteiger partial charge in [-0.15, -0.1) is 11.8 Å². The van der Waals surface area contributed by atoms with Crippen molar-refractivity contribution >= 4 is 35.0 Å². The van der Waals surface area contributed by atoms with Crippen LogP contribution in [0, 0.1) is 23.3 Å². The lowest BCUT2D eigenvalue weighted by Crippen LogP contribution is -2.27. The summed E-state index contributed by atoms with van der Waals surface area (Å²) in [6.45, 7) is 3.38. The number of alkyl halides is 3. The molecule has 33 heavy (non-hydrogen) atoms. The van der Waals surface area contributed by atoms with Crippen molar-refractivity contribution in [3.63, 3.8) is 0 Å². The van der Waals surface area contributed by atoms with E-state index in [1.54, 1.807) is 36.5 Å². The normalized spacial score (nSPS) is 12.4. The number of hydrogen-bond acceptors (Lipinski definition) is 3. The molecule has 0 fully saturated rings. The van der Waals surface area contributed by atoms with Gasteiger partial charge in [0.2, 0.25) is 11.8 Å². The van der Waals surface area contributed by atoms with E-state index in [4.69, 9.17) is 0 Å². The van der Waals surface area contributed by atoms with Crippen LogP contribution >= 0.6 is 11.8 Å². The molecular weight excluding hydrogens is 477 g/mol. The molecule has 12 heteroatoms. The monoisotopic (exact) mass is 496 g/mol. The summed E-state index contributed by atoms with van der Waals surface area (Å²) in [6.07, 6.45) is -4.65. The SMILES string of the molecule is CCCC(=O)Nc1cccc(SC(CC)C(=O)Nc2c(F)c(F)c(C(F)(F)F)c(F)c2F)c1. The maximum atomic E-state index is 14.1. The van der Waals surface area contributed by atoms with Gasteiger partial charge in [-0.2, -0.15) is 13.2 Å². The number of halogens is 7. The fourth-order valence-electron chi connectivity index (χ4n) is 2.78. The Bertz CT molecular complexity index is 1010. The van der Waals surface area contributed by atoms with Crippen molar-refractivity contribution in [3.05, 3.63) is 53.1 Å². The van der Waals surface area contributed by atoms with Crippen molar-refractivity contribution in [2.24, 2.45) is 0 Å². The summed E-state index contributed by atoms with van der Waals surface area (Å²) < 4.78 is 93.9. The summed E-state index contributed by atoms with van der Waals surface area (Å²) in [5.74, 6) is -11.4. The molecule has 0 aromatic heterocycles. The van der Waals surface area contributed by atoms with Crippen LogP contribution in [0.5, 0.6) is 0 Å². The molecule has 2 amide bonds. The Kier molecular flexibility index (Phi) is 8.76. The van der Waals surface area contributed by atoms with Gasteiger partial charge in [0.1, 0.15) is 11.3 Å². The number of amides is 2. The quantitative estimate of drug-likeness (QED) is 0.249. The standard InChI is InChI=1S/C21H19F7N2O2S/c1-3-6-13(31)29-10-7-5-8-11(9-10)33-12(4-2)20(32)30-19-17(24)15(22)14(21(26,27)28)16(23)18(19)25/h5,7-9,12H,3-4,6H2,1-2H3,(H,29,31)(H,30,32). The maximum absolute atomic E-state index is 14.1. The minimum atomic E-state index is -5.68. The van der Waals surface area contributed by atoms with Crippen molar-refractivity contribution in [1.82, 2.24) is 0 Å². The first-order chi connectivity index (χ1) is 15.4. The average Bonchev–Trinajstić information content (AvgIpc) is 2.73. The number of rotatable bonds is 8. The van der Waals surface area contributed by atoms with Crippen LogP contribution in [-0.4, -0.2) is 17.1 Å². The smallest absolute Gasteiger partial charge is 0.326 e. The predicted octanol–water partition coefficient (Wildman–Crippen LogP) is 6.51. The molecule has 2 aromatic rings. The van der Waals surface area contributed by atoms with Crippen LogP contribution in [0.3, 0.4) is 0 Å². The zero-order chi connectivity index (χ0) is 24.9. The van der Waals surface area contributed by atoms with Crippen molar-refractivity contribution in [2.75, 3.05) is 10.6 Å². The summed E-state index contributed by atoms with van der Waals surface area (Å²) in [4.78, 5) is 24.7. The number of benzene rings is 2. The molecular formula is C21H19F7N2O2S. The first-order valence-electron chi connectivity index (χ1n) is 9.71. The van der Waals surface area contributed by atoms with E-state index < -0.39 is 51.9 Å². The fourth-order valence-corrected chi connectivity index (χ4v) is 3.79. The second-order valence-corrected chi connectivity index (χ2v) is 8.11. The zero-order valence-electron chi connectivity index (χ0n) is 17.4. The molecule has 2 rings (SSSR count). The second-order valence-electron chi connectivity index (χ2n) is 6.83. The molecule has 0 heterocycles. The van der Waals surface area contributed by atoms with Crippen LogP contribution in [0.4, 0.5) is 42.1 Å². The molecule has 2 N–H and O–H groups in total. The topological polar surface area (TPSA) is 58.2 Å². The first-order valence-corrected chi connectivity index (χ1v) is 10.6. The largest absolute Gasteiger partial charge is 0.422 e. The lowest BCUT2D eigenvalue weighted by molar-refractivity contribution is -0.143. The highest BCUT2D eigenvalue weighted by molar-refractivity contribution is 8.00. The van der Waals surface area contributed by atoms with Crippen LogP contribution < -0.4 is 10.6 Å². The highest BCUT2D eigenvalue weighted by Crippen LogP contribution is 2.39. The molecule has 1 atom stereocenters. The molecule has 2 aromatic carbocycles. The van der Waals surface area contributed by atoms with Gasteiger partial charge in [0.25, 0.3) is 0 Å². The minimum absolute atomic E-state index is 0.0950. The first kappa shape index (κ1) is 26.5. The third-order valence-corrected chi connectivity index (χ3v) is 5.69. The molecule has 0 spiro atoms. The number of nitrogens with one attached hydrogen (secondary N) is 2. The summed E-state index contributed by atoms with van der Waals surface area (Å²) in [7, 11) is 0. The van der Waals surface area contributed by atoms with Gasteiger partial charge in [0.15, 0.2) is 23.3 Å². The number of carbonyl (C=O) groups excluding carboxylic acids is 2. The van der Waals surface area contributed by atoms with E-state index in [0.717, 1.165) is 11.8 Å². The molecule has 0 aliphatic heterocycles. The van der Waals surface area contributed by atoms with Gasteiger partial charge in [0, 0.05) is 17.0 Å². The van der Waals surface area contributed by atoms with E-state index in [1.807, 2.05) is 6.92 Å². The van der Waals surface area contributed by atoms with Crippen molar-refractivity contribution in [3.8, 4) is 0 Å². The Hall–Kier alpha value is -2.76. The molecule has 0 bridgehead atoms. The lowest BCUT2D eigenvalue weighted by Gasteiger charge is -2.18. The van der Waals surface area contributed by atoms with E-state index in [9.17, 15) is 40.3 Å². The van der Waals surface area contributed by atoms with Crippen LogP contribution in [0.2, 0.25) is 0 Å². The number of carbonyl (C=O) groups is 2. The molecule has 0 radical (unpaired) electrons. The molecule has 4 nitrogen and oxygen atoms in total. The average molecular weight is 496 g/mol. The predicted molar refractivity (Wildman–Crippen MR) is 110 cm³/mol. The van der Waals surface area contributed by atoms with Crippen molar-refractivity contribution in [2.45, 2.75) is 49.4 Å². The Morgan fingerprint density at radius 3 is 2.09 bits per heavy atom. The van der Waals surface area contributed by atoms with E-state index in [2.05, 4.69) is 5.32 Å². The van der Waals surface area contributed by atoms with Crippen LogP contribution in [-0.2, 0) is 15.8 Å². The Morgan fingerprint density at radius 1 is 0.970 bits per heavy atom. The Balaban J connectivity index is 2.25. The van der Waals surface area contributed by atoms with Gasteiger partial charge in [0.05, 0.1) is 5.25 Å². The fraction of sp³-hybridized carbons (Fsp3) is 0.333. The zero-order valence-corrected chi connectivity index (χ0v) is 18.2. The lowest BCUT2D eigenvalue weighted by atomic mass is 10.1. The molecule has 0 saturated carbocycles. The molecule has 0 aliphatic carbocycles. The van der Waals surface area contributed by atoms with Crippen LogP contribution in [0.15, 0.2) is 29.2 Å². The van der Waals surface area contributed by atoms with Crippen LogP contribution in [0.1, 0.15) is 38.7 Å². The molecule has 0 saturated heterocycles. The van der Waals surface area contributed by atoms with Gasteiger partial charge in [-0.3, -0.25) is 9.59 Å². The van der Waals surface area contributed by atoms with Gasteiger partial charge in [-0.1, -0.05) is 19.9 Å². The minimum Gasteiger partial charge on any atom is -0.326 e. The Labute approximate surface area is 188 Å². The van der Waals surface area contributed by atoms with Gasteiger partial charge < -0.3 is 10.6 Å². The van der Waals surface area contributed by atoms with E-state index in [1.165, 1.54) is 0 Å².